The smallest absolute Gasteiger partial charge is 0.225 e. The maximum absolute atomic E-state index is 12.1. The fourth-order valence-electron chi connectivity index (χ4n) is 4.00. The van der Waals surface area contributed by atoms with Crippen LogP contribution in [0, 0.1) is 17.8 Å². The van der Waals surface area contributed by atoms with Gasteiger partial charge in [0.05, 0.1) is 0 Å². The van der Waals surface area contributed by atoms with E-state index in [1.165, 1.54) is 32.1 Å². The molecule has 25 heavy (non-hydrogen) atoms. The molecule has 2 N–H and O–H groups in total. The molecule has 0 bridgehead atoms. The van der Waals surface area contributed by atoms with Gasteiger partial charge >= 0.3 is 0 Å². The highest BCUT2D eigenvalue weighted by Gasteiger charge is 2.28. The third-order valence-electron chi connectivity index (χ3n) is 5.73. The van der Waals surface area contributed by atoms with Crippen LogP contribution in [0.5, 0.6) is 0 Å². The molecule has 1 aliphatic heterocycles. The fourth-order valence-corrected chi connectivity index (χ4v) is 4.00. The summed E-state index contributed by atoms with van der Waals surface area (Å²) in [6.45, 7) is 11.8. The minimum absolute atomic E-state index is 0.0823. The summed E-state index contributed by atoms with van der Waals surface area (Å²) in [6.07, 6.45) is 7.71. The summed E-state index contributed by atoms with van der Waals surface area (Å²) >= 11 is 0. The van der Waals surface area contributed by atoms with Gasteiger partial charge in [0.15, 0.2) is 5.96 Å². The van der Waals surface area contributed by atoms with Crippen molar-refractivity contribution in [3.8, 4) is 0 Å². The van der Waals surface area contributed by atoms with E-state index in [1.54, 1.807) is 0 Å². The molecule has 0 aromatic carbocycles. The molecule has 2 rings (SSSR count). The van der Waals surface area contributed by atoms with Crippen molar-refractivity contribution < 1.29 is 4.79 Å². The minimum atomic E-state index is 0.0823. The van der Waals surface area contributed by atoms with E-state index in [2.05, 4.69) is 24.5 Å². The van der Waals surface area contributed by atoms with Gasteiger partial charge in [-0.05, 0) is 38.0 Å². The van der Waals surface area contributed by atoms with Crippen molar-refractivity contribution in [2.75, 3.05) is 26.2 Å². The SMILES string of the molecule is CCNC(=NCC1CCC(CC)CC1)NC1CCN(C(=O)C(C)C)C1. The maximum Gasteiger partial charge on any atom is 0.225 e. The second-order valence-corrected chi connectivity index (χ2v) is 8.08. The molecule has 1 atom stereocenters. The topological polar surface area (TPSA) is 56.7 Å². The lowest BCUT2D eigenvalue weighted by Gasteiger charge is -2.27. The van der Waals surface area contributed by atoms with E-state index in [1.807, 2.05) is 18.7 Å². The number of nitrogens with one attached hydrogen (secondary N) is 2. The first-order valence-electron chi connectivity index (χ1n) is 10.4. The number of hydrogen-bond acceptors (Lipinski definition) is 2. The van der Waals surface area contributed by atoms with Gasteiger partial charge < -0.3 is 15.5 Å². The molecular weight excluding hydrogens is 312 g/mol. The summed E-state index contributed by atoms with van der Waals surface area (Å²) in [7, 11) is 0. The predicted octanol–water partition coefficient (Wildman–Crippen LogP) is 3.01. The molecule has 2 fully saturated rings. The molecule has 0 radical (unpaired) electrons. The highest BCUT2D eigenvalue weighted by atomic mass is 16.2. The van der Waals surface area contributed by atoms with Crippen LogP contribution in [0.4, 0.5) is 0 Å². The third kappa shape index (κ3) is 6.19. The number of likely N-dealkylation sites (tertiary alicyclic amines) is 1. The highest BCUT2D eigenvalue weighted by molar-refractivity contribution is 5.81. The quantitative estimate of drug-likeness (QED) is 0.572. The van der Waals surface area contributed by atoms with Gasteiger partial charge in [0.25, 0.3) is 0 Å². The zero-order valence-corrected chi connectivity index (χ0v) is 16.7. The standard InChI is InChI=1S/C20H38N4O/c1-5-16-7-9-17(10-8-16)13-22-20(21-6-2)23-18-11-12-24(14-18)19(25)15(3)4/h15-18H,5-14H2,1-4H3,(H2,21,22,23). The average Bonchev–Trinajstić information content (AvgIpc) is 3.08. The number of carbonyl (C=O) groups excluding carboxylic acids is 1. The van der Waals surface area contributed by atoms with Crippen molar-refractivity contribution in [3.05, 3.63) is 0 Å². The van der Waals surface area contributed by atoms with Crippen LogP contribution >= 0.6 is 0 Å². The first-order chi connectivity index (χ1) is 12.0. The van der Waals surface area contributed by atoms with Crippen LogP contribution in [0.2, 0.25) is 0 Å². The molecule has 0 aromatic rings. The fraction of sp³-hybridized carbons (Fsp3) is 0.900. The Labute approximate surface area is 154 Å². The minimum Gasteiger partial charge on any atom is -0.357 e. The Balaban J connectivity index is 1.81. The molecule has 0 aromatic heterocycles. The largest absolute Gasteiger partial charge is 0.357 e. The molecule has 1 heterocycles. The van der Waals surface area contributed by atoms with E-state index in [4.69, 9.17) is 4.99 Å². The third-order valence-corrected chi connectivity index (χ3v) is 5.73. The summed E-state index contributed by atoms with van der Waals surface area (Å²) in [4.78, 5) is 19.0. The van der Waals surface area contributed by atoms with Crippen molar-refractivity contribution in [2.45, 2.75) is 72.3 Å². The normalized spacial score (nSPS) is 27.6. The second-order valence-electron chi connectivity index (χ2n) is 8.08. The van der Waals surface area contributed by atoms with Crippen molar-refractivity contribution in [1.82, 2.24) is 15.5 Å². The molecule has 1 saturated heterocycles. The van der Waals surface area contributed by atoms with Crippen molar-refractivity contribution in [3.63, 3.8) is 0 Å². The van der Waals surface area contributed by atoms with Gasteiger partial charge in [-0.2, -0.15) is 0 Å². The maximum atomic E-state index is 12.1. The van der Waals surface area contributed by atoms with Crippen molar-refractivity contribution in [1.29, 1.82) is 0 Å². The summed E-state index contributed by atoms with van der Waals surface area (Å²) in [6, 6.07) is 0.316. The summed E-state index contributed by atoms with van der Waals surface area (Å²) < 4.78 is 0. The second kappa shape index (κ2) is 10.0. The van der Waals surface area contributed by atoms with Gasteiger partial charge in [-0.3, -0.25) is 9.79 Å². The van der Waals surface area contributed by atoms with Crippen LogP contribution in [0.25, 0.3) is 0 Å². The Morgan fingerprint density at radius 1 is 1.12 bits per heavy atom. The number of hydrogen-bond donors (Lipinski definition) is 2. The van der Waals surface area contributed by atoms with Gasteiger partial charge in [0.1, 0.15) is 0 Å². The lowest BCUT2D eigenvalue weighted by Crippen LogP contribution is -2.45. The van der Waals surface area contributed by atoms with Gasteiger partial charge in [-0.15, -0.1) is 0 Å². The van der Waals surface area contributed by atoms with Crippen LogP contribution in [0.15, 0.2) is 4.99 Å². The summed E-state index contributed by atoms with van der Waals surface area (Å²) in [5.74, 6) is 2.94. The molecular formula is C20H38N4O. The first kappa shape index (κ1) is 20.1. The molecule has 1 saturated carbocycles. The van der Waals surface area contributed by atoms with Gasteiger partial charge in [0, 0.05) is 38.1 Å². The summed E-state index contributed by atoms with van der Waals surface area (Å²) in [5, 5.41) is 6.92. The van der Waals surface area contributed by atoms with E-state index < -0.39 is 0 Å². The first-order valence-corrected chi connectivity index (χ1v) is 10.4. The van der Waals surface area contributed by atoms with Gasteiger partial charge in [-0.1, -0.05) is 40.0 Å². The van der Waals surface area contributed by atoms with E-state index in [0.717, 1.165) is 50.4 Å². The monoisotopic (exact) mass is 350 g/mol. The Hall–Kier alpha value is -1.26. The molecule has 5 nitrogen and oxygen atoms in total. The van der Waals surface area contributed by atoms with Gasteiger partial charge in [-0.25, -0.2) is 0 Å². The predicted molar refractivity (Wildman–Crippen MR) is 105 cm³/mol. The van der Waals surface area contributed by atoms with Crippen LogP contribution in [0.3, 0.4) is 0 Å². The molecule has 2 aliphatic rings. The van der Waals surface area contributed by atoms with E-state index in [9.17, 15) is 4.79 Å². The van der Waals surface area contributed by atoms with Crippen LogP contribution < -0.4 is 10.6 Å². The molecule has 1 unspecified atom stereocenters. The average molecular weight is 351 g/mol. The van der Waals surface area contributed by atoms with E-state index in [0.29, 0.717) is 6.04 Å². The van der Waals surface area contributed by atoms with Crippen molar-refractivity contribution >= 4 is 11.9 Å². The number of aliphatic imine (C=N–C) groups is 1. The van der Waals surface area contributed by atoms with Crippen molar-refractivity contribution in [2.24, 2.45) is 22.7 Å². The Morgan fingerprint density at radius 2 is 1.80 bits per heavy atom. The number of carbonyl (C=O) groups is 1. The molecule has 1 aliphatic carbocycles. The Morgan fingerprint density at radius 3 is 2.40 bits per heavy atom. The highest BCUT2D eigenvalue weighted by Crippen LogP contribution is 2.30. The number of rotatable bonds is 6. The zero-order valence-electron chi connectivity index (χ0n) is 16.7. The zero-order chi connectivity index (χ0) is 18.2. The molecule has 144 valence electrons. The Bertz CT molecular complexity index is 441. The lowest BCUT2D eigenvalue weighted by atomic mass is 9.81. The lowest BCUT2D eigenvalue weighted by molar-refractivity contribution is -0.133. The van der Waals surface area contributed by atoms with E-state index in [-0.39, 0.29) is 11.8 Å². The molecule has 5 heteroatoms. The number of guanidine groups is 1. The molecule has 1 amide bonds. The van der Waals surface area contributed by atoms with Crippen LogP contribution in [0.1, 0.15) is 66.2 Å². The molecule has 0 spiro atoms. The Kier molecular flexibility index (Phi) is 8.04. The number of amides is 1. The number of nitrogens with zero attached hydrogens (tertiary/aromatic N) is 2. The van der Waals surface area contributed by atoms with Crippen LogP contribution in [-0.2, 0) is 4.79 Å². The summed E-state index contributed by atoms with van der Waals surface area (Å²) in [5.41, 5.74) is 0. The van der Waals surface area contributed by atoms with E-state index >= 15 is 0 Å². The van der Waals surface area contributed by atoms with Gasteiger partial charge in [0.2, 0.25) is 5.91 Å². The van der Waals surface area contributed by atoms with Crippen LogP contribution in [-0.4, -0.2) is 49.0 Å².